The van der Waals surface area contributed by atoms with Crippen LogP contribution in [0.25, 0.3) is 0 Å². The number of hydrazine groups is 1. The Morgan fingerprint density at radius 2 is 1.90 bits per heavy atom. The van der Waals surface area contributed by atoms with Gasteiger partial charge in [-0.25, -0.2) is 10.8 Å². The lowest BCUT2D eigenvalue weighted by Crippen LogP contribution is -2.32. The summed E-state index contributed by atoms with van der Waals surface area (Å²) in [5.74, 6) is 6.49. The number of aromatic nitrogens is 2. The van der Waals surface area contributed by atoms with Gasteiger partial charge in [0.05, 0.1) is 0 Å². The van der Waals surface area contributed by atoms with Crippen molar-refractivity contribution in [2.24, 2.45) is 5.84 Å². The van der Waals surface area contributed by atoms with Crippen molar-refractivity contribution >= 4 is 11.8 Å². The zero-order valence-electron chi connectivity index (χ0n) is 11.9. The summed E-state index contributed by atoms with van der Waals surface area (Å²) in [4.78, 5) is 8.27. The van der Waals surface area contributed by atoms with Crippen LogP contribution in [0.3, 0.4) is 0 Å². The first-order valence-electron chi connectivity index (χ1n) is 6.71. The van der Waals surface area contributed by atoms with Gasteiger partial charge in [0, 0.05) is 11.7 Å². The van der Waals surface area contributed by atoms with E-state index >= 15 is 0 Å². The summed E-state index contributed by atoms with van der Waals surface area (Å²) < 4.78 is 0. The molecule has 2 aromatic rings. The Morgan fingerprint density at radius 3 is 2.60 bits per heavy atom. The highest BCUT2D eigenvalue weighted by molar-refractivity contribution is 5.41. The van der Waals surface area contributed by atoms with Gasteiger partial charge in [-0.15, -0.1) is 0 Å². The molecule has 5 heteroatoms. The first kappa shape index (κ1) is 14.3. The largest absolute Gasteiger partial charge is 0.365 e. The van der Waals surface area contributed by atoms with Crippen molar-refractivity contribution in [3.05, 3.63) is 48.2 Å². The third-order valence-electron chi connectivity index (χ3n) is 3.13. The summed E-state index contributed by atoms with van der Waals surface area (Å²) >= 11 is 0. The predicted octanol–water partition coefficient (Wildman–Crippen LogP) is 2.59. The Bertz CT molecular complexity index is 539. The molecule has 5 nitrogen and oxygen atoms in total. The maximum absolute atomic E-state index is 5.31. The molecule has 0 aliphatic rings. The molecular weight excluding hydrogens is 250 g/mol. The van der Waals surface area contributed by atoms with Crippen LogP contribution in [-0.2, 0) is 6.42 Å². The predicted molar refractivity (Wildman–Crippen MR) is 82.3 cm³/mol. The molecule has 106 valence electrons. The molecular formula is C15H21N5. The molecule has 0 unspecified atom stereocenters. The van der Waals surface area contributed by atoms with Crippen molar-refractivity contribution in [2.45, 2.75) is 32.2 Å². The smallest absolute Gasteiger partial charge is 0.239 e. The SMILES string of the molecule is CC(C)(CCc1ccccc1)Nc1ccnc(NN)n1. The standard InChI is InChI=1S/C15H21N5/c1-15(2,10-8-12-6-4-3-5-7-12)19-13-9-11-17-14(18-13)20-16/h3-7,9,11H,8,10,16H2,1-2H3,(H2,17,18,19,20). The van der Waals surface area contributed by atoms with Gasteiger partial charge in [0.2, 0.25) is 5.95 Å². The van der Waals surface area contributed by atoms with Crippen LogP contribution in [0.4, 0.5) is 11.8 Å². The van der Waals surface area contributed by atoms with Crippen molar-refractivity contribution < 1.29 is 0 Å². The second-order valence-corrected chi connectivity index (χ2v) is 5.40. The highest BCUT2D eigenvalue weighted by Gasteiger charge is 2.18. The normalized spacial score (nSPS) is 11.2. The molecule has 4 N–H and O–H groups in total. The lowest BCUT2D eigenvalue weighted by molar-refractivity contribution is 0.516. The number of benzene rings is 1. The van der Waals surface area contributed by atoms with E-state index in [9.17, 15) is 0 Å². The fraction of sp³-hybridized carbons (Fsp3) is 0.333. The van der Waals surface area contributed by atoms with Crippen LogP contribution in [-0.4, -0.2) is 15.5 Å². The molecule has 20 heavy (non-hydrogen) atoms. The van der Waals surface area contributed by atoms with E-state index in [0.717, 1.165) is 18.7 Å². The van der Waals surface area contributed by atoms with Crippen LogP contribution in [0.5, 0.6) is 0 Å². The summed E-state index contributed by atoms with van der Waals surface area (Å²) in [5, 5.41) is 3.42. The van der Waals surface area contributed by atoms with E-state index in [1.54, 1.807) is 6.20 Å². The molecule has 0 amide bonds. The third-order valence-corrected chi connectivity index (χ3v) is 3.13. The zero-order chi connectivity index (χ0) is 14.4. The van der Waals surface area contributed by atoms with Gasteiger partial charge in [-0.05, 0) is 38.3 Å². The highest BCUT2D eigenvalue weighted by atomic mass is 15.3. The lowest BCUT2D eigenvalue weighted by Gasteiger charge is -2.27. The van der Waals surface area contributed by atoms with E-state index in [1.165, 1.54) is 5.56 Å². The molecule has 0 bridgehead atoms. The molecule has 0 atom stereocenters. The fourth-order valence-electron chi connectivity index (χ4n) is 2.01. The van der Waals surface area contributed by atoms with Crippen molar-refractivity contribution in [3.8, 4) is 0 Å². The molecule has 0 spiro atoms. The topological polar surface area (TPSA) is 75.9 Å². The Kier molecular flexibility index (Phi) is 4.53. The monoisotopic (exact) mass is 271 g/mol. The summed E-state index contributed by atoms with van der Waals surface area (Å²) in [6, 6.07) is 12.3. The van der Waals surface area contributed by atoms with Crippen LogP contribution in [0.1, 0.15) is 25.8 Å². The molecule has 1 aromatic heterocycles. The van der Waals surface area contributed by atoms with E-state index < -0.39 is 0 Å². The quantitative estimate of drug-likeness (QED) is 0.556. The number of rotatable bonds is 6. The molecule has 0 aliphatic heterocycles. The van der Waals surface area contributed by atoms with Gasteiger partial charge >= 0.3 is 0 Å². The summed E-state index contributed by atoms with van der Waals surface area (Å²) in [6.45, 7) is 4.32. The average Bonchev–Trinajstić information content (AvgIpc) is 2.46. The van der Waals surface area contributed by atoms with Crippen molar-refractivity contribution in [3.63, 3.8) is 0 Å². The summed E-state index contributed by atoms with van der Waals surface area (Å²) in [6.07, 6.45) is 3.71. The average molecular weight is 271 g/mol. The van der Waals surface area contributed by atoms with Crippen LogP contribution in [0, 0.1) is 0 Å². The van der Waals surface area contributed by atoms with Gasteiger partial charge in [0.25, 0.3) is 0 Å². The molecule has 1 heterocycles. The van der Waals surface area contributed by atoms with Gasteiger partial charge in [0.1, 0.15) is 5.82 Å². The van der Waals surface area contributed by atoms with E-state index in [0.29, 0.717) is 5.95 Å². The van der Waals surface area contributed by atoms with Gasteiger partial charge in [-0.3, -0.25) is 5.43 Å². The molecule has 0 saturated heterocycles. The maximum atomic E-state index is 5.31. The molecule has 0 radical (unpaired) electrons. The van der Waals surface area contributed by atoms with E-state index in [2.05, 4.69) is 58.8 Å². The van der Waals surface area contributed by atoms with Crippen LogP contribution >= 0.6 is 0 Å². The maximum Gasteiger partial charge on any atom is 0.239 e. The first-order valence-corrected chi connectivity index (χ1v) is 6.71. The van der Waals surface area contributed by atoms with Gasteiger partial charge in [0.15, 0.2) is 0 Å². The molecule has 0 saturated carbocycles. The third kappa shape index (κ3) is 4.20. The molecule has 2 rings (SSSR count). The van der Waals surface area contributed by atoms with Crippen LogP contribution in [0.2, 0.25) is 0 Å². The Morgan fingerprint density at radius 1 is 1.15 bits per heavy atom. The zero-order valence-corrected chi connectivity index (χ0v) is 11.9. The van der Waals surface area contributed by atoms with Crippen molar-refractivity contribution in [1.82, 2.24) is 9.97 Å². The number of hydrogen-bond donors (Lipinski definition) is 3. The van der Waals surface area contributed by atoms with Crippen molar-refractivity contribution in [2.75, 3.05) is 10.7 Å². The van der Waals surface area contributed by atoms with Gasteiger partial charge in [-0.1, -0.05) is 30.3 Å². The second kappa shape index (κ2) is 6.34. The minimum atomic E-state index is -0.0595. The van der Waals surface area contributed by atoms with Gasteiger partial charge in [-0.2, -0.15) is 4.98 Å². The summed E-state index contributed by atoms with van der Waals surface area (Å²) in [5.41, 5.74) is 3.73. The Hall–Kier alpha value is -2.14. The molecule has 1 aromatic carbocycles. The van der Waals surface area contributed by atoms with E-state index in [-0.39, 0.29) is 5.54 Å². The minimum Gasteiger partial charge on any atom is -0.365 e. The second-order valence-electron chi connectivity index (χ2n) is 5.40. The number of nitrogens with one attached hydrogen (secondary N) is 2. The van der Waals surface area contributed by atoms with Crippen LogP contribution < -0.4 is 16.6 Å². The number of aryl methyl sites for hydroxylation is 1. The van der Waals surface area contributed by atoms with Crippen LogP contribution in [0.15, 0.2) is 42.6 Å². The molecule has 0 aliphatic carbocycles. The lowest BCUT2D eigenvalue weighted by atomic mass is 9.95. The number of nitrogens with zero attached hydrogens (tertiary/aromatic N) is 2. The number of anilines is 2. The van der Waals surface area contributed by atoms with E-state index in [4.69, 9.17) is 5.84 Å². The Balaban J connectivity index is 1.96. The number of nitrogens with two attached hydrogens (primary N) is 1. The summed E-state index contributed by atoms with van der Waals surface area (Å²) in [7, 11) is 0. The first-order chi connectivity index (χ1) is 9.59. The Labute approximate surface area is 119 Å². The minimum absolute atomic E-state index is 0.0595. The fourth-order valence-corrected chi connectivity index (χ4v) is 2.01. The highest BCUT2D eigenvalue weighted by Crippen LogP contribution is 2.19. The van der Waals surface area contributed by atoms with E-state index in [1.807, 2.05) is 12.1 Å². The van der Waals surface area contributed by atoms with Gasteiger partial charge < -0.3 is 5.32 Å². The number of nitrogen functional groups attached to an aromatic ring is 1. The molecule has 0 fully saturated rings. The number of hydrogen-bond acceptors (Lipinski definition) is 5. The van der Waals surface area contributed by atoms with Crippen molar-refractivity contribution in [1.29, 1.82) is 0 Å².